The van der Waals surface area contributed by atoms with E-state index < -0.39 is 0 Å². The van der Waals surface area contributed by atoms with Gasteiger partial charge in [-0.05, 0) is 59.0 Å². The Morgan fingerprint density at radius 3 is 2.16 bits per heavy atom. The second-order valence-electron chi connectivity index (χ2n) is 5.16. The third-order valence-corrected chi connectivity index (χ3v) is 4.10. The maximum absolute atomic E-state index is 12.2. The van der Waals surface area contributed by atoms with E-state index in [0.717, 1.165) is 9.26 Å². The topological polar surface area (TPSA) is 76.7 Å². The van der Waals surface area contributed by atoms with Crippen LogP contribution in [0.5, 0.6) is 11.5 Å². The summed E-state index contributed by atoms with van der Waals surface area (Å²) < 4.78 is 11.4. The molecule has 2 amide bonds. The summed E-state index contributed by atoms with van der Waals surface area (Å²) in [5.41, 5.74) is 1.14. The van der Waals surface area contributed by atoms with Crippen LogP contribution in [0.25, 0.3) is 0 Å². The fourth-order valence-electron chi connectivity index (χ4n) is 2.09. The zero-order valence-electron chi connectivity index (χ0n) is 14.0. The number of halogens is 1. The largest absolute Gasteiger partial charge is 0.497 e. The van der Waals surface area contributed by atoms with Gasteiger partial charge in [-0.15, -0.1) is 0 Å². The molecule has 0 atom stereocenters. The van der Waals surface area contributed by atoms with E-state index in [9.17, 15) is 9.59 Å². The molecule has 0 saturated carbocycles. The van der Waals surface area contributed by atoms with Crippen molar-refractivity contribution in [2.45, 2.75) is 6.42 Å². The molecular formula is C18H19IN2O4. The van der Waals surface area contributed by atoms with Crippen LogP contribution >= 0.6 is 22.6 Å². The summed E-state index contributed by atoms with van der Waals surface area (Å²) in [4.78, 5) is 24.1. The first kappa shape index (κ1) is 19.0. The van der Waals surface area contributed by atoms with Gasteiger partial charge < -0.3 is 20.1 Å². The number of carbonyl (C=O) groups is 2. The van der Waals surface area contributed by atoms with Gasteiger partial charge in [0.25, 0.3) is 5.91 Å². The normalized spacial score (nSPS) is 10.0. The van der Waals surface area contributed by atoms with Crippen LogP contribution in [0.15, 0.2) is 42.5 Å². The van der Waals surface area contributed by atoms with Crippen molar-refractivity contribution in [2.75, 3.05) is 26.1 Å². The molecule has 132 valence electrons. The van der Waals surface area contributed by atoms with Crippen LogP contribution in [0.1, 0.15) is 16.8 Å². The number of nitrogens with one attached hydrogen (secondary N) is 2. The average Bonchev–Trinajstić information content (AvgIpc) is 2.63. The number of benzene rings is 2. The quantitative estimate of drug-likeness (QED) is 0.631. The van der Waals surface area contributed by atoms with Crippen molar-refractivity contribution >= 4 is 40.1 Å². The summed E-state index contributed by atoms with van der Waals surface area (Å²) >= 11 is 2.20. The number of amides is 2. The first-order valence-corrected chi connectivity index (χ1v) is 8.66. The molecule has 0 heterocycles. The Bertz CT molecular complexity index is 725. The summed E-state index contributed by atoms with van der Waals surface area (Å²) in [6.07, 6.45) is 0.179. The third kappa shape index (κ3) is 5.93. The van der Waals surface area contributed by atoms with Crippen LogP contribution in [0.4, 0.5) is 5.69 Å². The van der Waals surface area contributed by atoms with Crippen LogP contribution < -0.4 is 20.1 Å². The molecule has 0 aliphatic carbocycles. The van der Waals surface area contributed by atoms with Crippen molar-refractivity contribution in [3.8, 4) is 11.5 Å². The van der Waals surface area contributed by atoms with Crippen LogP contribution in [0.2, 0.25) is 0 Å². The van der Waals surface area contributed by atoms with Crippen LogP contribution in [0, 0.1) is 3.57 Å². The molecule has 2 aromatic rings. The van der Waals surface area contributed by atoms with Crippen molar-refractivity contribution < 1.29 is 19.1 Å². The lowest BCUT2D eigenvalue weighted by atomic mass is 10.2. The zero-order chi connectivity index (χ0) is 18.2. The molecule has 0 aliphatic heterocycles. The molecule has 0 unspecified atom stereocenters. The van der Waals surface area contributed by atoms with Gasteiger partial charge in [0, 0.05) is 33.9 Å². The fourth-order valence-corrected chi connectivity index (χ4v) is 2.45. The smallest absolute Gasteiger partial charge is 0.251 e. The summed E-state index contributed by atoms with van der Waals surface area (Å²) in [5.74, 6) is 0.603. The first-order valence-electron chi connectivity index (χ1n) is 7.58. The minimum absolute atomic E-state index is 0.162. The van der Waals surface area contributed by atoms with Gasteiger partial charge in [0.1, 0.15) is 11.5 Å². The molecule has 0 aliphatic rings. The summed E-state index contributed by atoms with van der Waals surface area (Å²) in [5, 5.41) is 5.50. The number of hydrogen-bond donors (Lipinski definition) is 2. The Hall–Kier alpha value is -2.29. The lowest BCUT2D eigenvalue weighted by molar-refractivity contribution is -0.116. The molecule has 6 nitrogen and oxygen atoms in total. The number of rotatable bonds is 7. The Kier molecular flexibility index (Phi) is 7.05. The summed E-state index contributed by atoms with van der Waals surface area (Å²) in [7, 11) is 3.04. The molecule has 0 bridgehead atoms. The number of ether oxygens (including phenoxy) is 2. The van der Waals surface area contributed by atoms with E-state index in [1.807, 2.05) is 24.3 Å². The Labute approximate surface area is 160 Å². The Morgan fingerprint density at radius 2 is 1.60 bits per heavy atom. The molecule has 2 N–H and O–H groups in total. The molecule has 2 aromatic carbocycles. The van der Waals surface area contributed by atoms with E-state index in [0.29, 0.717) is 17.1 Å². The van der Waals surface area contributed by atoms with E-state index in [1.165, 1.54) is 14.2 Å². The average molecular weight is 454 g/mol. The van der Waals surface area contributed by atoms with Crippen molar-refractivity contribution in [3.05, 3.63) is 51.6 Å². The molecular weight excluding hydrogens is 435 g/mol. The molecule has 0 radical (unpaired) electrons. The van der Waals surface area contributed by atoms with Crippen molar-refractivity contribution in [3.63, 3.8) is 0 Å². The minimum Gasteiger partial charge on any atom is -0.497 e. The molecule has 0 spiro atoms. The number of carbonyl (C=O) groups excluding carboxylic acids is 2. The van der Waals surface area contributed by atoms with Crippen molar-refractivity contribution in [1.82, 2.24) is 5.32 Å². The monoisotopic (exact) mass is 454 g/mol. The minimum atomic E-state index is -0.292. The second-order valence-corrected chi connectivity index (χ2v) is 6.41. The number of methoxy groups -OCH3 is 2. The maximum atomic E-state index is 12.2. The molecule has 7 heteroatoms. The highest BCUT2D eigenvalue weighted by Crippen LogP contribution is 2.22. The van der Waals surface area contributed by atoms with E-state index in [-0.39, 0.29) is 24.8 Å². The molecule has 0 aromatic heterocycles. The van der Waals surface area contributed by atoms with Gasteiger partial charge in [-0.1, -0.05) is 0 Å². The van der Waals surface area contributed by atoms with E-state index >= 15 is 0 Å². The highest BCUT2D eigenvalue weighted by Gasteiger charge is 2.10. The van der Waals surface area contributed by atoms with Gasteiger partial charge in [0.05, 0.1) is 14.2 Å². The standard InChI is InChI=1S/C18H19IN2O4/c1-24-15-9-12(10-16(11-15)25-2)18(23)20-8-7-17(22)21-14-5-3-13(19)4-6-14/h3-6,9-11H,7-8H2,1-2H3,(H,20,23)(H,21,22). The van der Waals surface area contributed by atoms with Crippen LogP contribution in [-0.4, -0.2) is 32.6 Å². The summed E-state index contributed by atoms with van der Waals surface area (Å²) in [6.45, 7) is 0.231. The van der Waals surface area contributed by atoms with Gasteiger partial charge in [0.15, 0.2) is 0 Å². The lowest BCUT2D eigenvalue weighted by Crippen LogP contribution is -2.27. The molecule has 2 rings (SSSR count). The first-order chi connectivity index (χ1) is 12.0. The molecule has 0 saturated heterocycles. The summed E-state index contributed by atoms with van der Waals surface area (Å²) in [6, 6.07) is 12.4. The highest BCUT2D eigenvalue weighted by atomic mass is 127. The SMILES string of the molecule is COc1cc(OC)cc(C(=O)NCCC(=O)Nc2ccc(I)cc2)c1. The number of anilines is 1. The third-order valence-electron chi connectivity index (χ3n) is 3.38. The van der Waals surface area contributed by atoms with Crippen molar-refractivity contribution in [1.29, 1.82) is 0 Å². The second kappa shape index (κ2) is 9.26. The molecule has 0 fully saturated rings. The maximum Gasteiger partial charge on any atom is 0.251 e. The number of hydrogen-bond acceptors (Lipinski definition) is 4. The van der Waals surface area contributed by atoms with E-state index in [1.54, 1.807) is 18.2 Å². The Balaban J connectivity index is 1.85. The van der Waals surface area contributed by atoms with E-state index in [4.69, 9.17) is 9.47 Å². The van der Waals surface area contributed by atoms with Gasteiger partial charge in [-0.3, -0.25) is 9.59 Å². The predicted octanol–water partition coefficient (Wildman–Crippen LogP) is 3.07. The van der Waals surface area contributed by atoms with Gasteiger partial charge in [-0.2, -0.15) is 0 Å². The lowest BCUT2D eigenvalue weighted by Gasteiger charge is -2.09. The van der Waals surface area contributed by atoms with Gasteiger partial charge >= 0.3 is 0 Å². The van der Waals surface area contributed by atoms with Crippen molar-refractivity contribution in [2.24, 2.45) is 0 Å². The van der Waals surface area contributed by atoms with Crippen LogP contribution in [-0.2, 0) is 4.79 Å². The Morgan fingerprint density at radius 1 is 1.00 bits per heavy atom. The fraction of sp³-hybridized carbons (Fsp3) is 0.222. The highest BCUT2D eigenvalue weighted by molar-refractivity contribution is 14.1. The molecule has 25 heavy (non-hydrogen) atoms. The van der Waals surface area contributed by atoms with Crippen LogP contribution in [0.3, 0.4) is 0 Å². The van der Waals surface area contributed by atoms with E-state index in [2.05, 4.69) is 33.2 Å². The van der Waals surface area contributed by atoms with Gasteiger partial charge in [0.2, 0.25) is 5.91 Å². The predicted molar refractivity (Wildman–Crippen MR) is 104 cm³/mol. The van der Waals surface area contributed by atoms with Gasteiger partial charge in [-0.25, -0.2) is 0 Å². The zero-order valence-corrected chi connectivity index (χ0v) is 16.1.